The van der Waals surface area contributed by atoms with Gasteiger partial charge in [0.15, 0.2) is 0 Å². The van der Waals surface area contributed by atoms with E-state index in [0.29, 0.717) is 5.56 Å². The summed E-state index contributed by atoms with van der Waals surface area (Å²) in [4.78, 5) is 11.3. The molecule has 0 aromatic heterocycles. The zero-order valence-electron chi connectivity index (χ0n) is 11.2. The Kier molecular flexibility index (Phi) is 4.73. The average Bonchev–Trinajstić information content (AvgIpc) is 2.38. The van der Waals surface area contributed by atoms with Gasteiger partial charge < -0.3 is 4.74 Å². The van der Waals surface area contributed by atoms with Crippen molar-refractivity contribution in [1.29, 1.82) is 0 Å². The number of methoxy groups -OCH3 is 1. The van der Waals surface area contributed by atoms with E-state index < -0.39 is 0 Å². The number of carbonyl (C=O) groups is 1. The molecule has 0 saturated heterocycles. The summed E-state index contributed by atoms with van der Waals surface area (Å²) in [6, 6.07) is 7.80. The van der Waals surface area contributed by atoms with Crippen LogP contribution in [0.4, 0.5) is 0 Å². The van der Waals surface area contributed by atoms with Gasteiger partial charge in [-0.2, -0.15) is 0 Å². The second kappa shape index (κ2) is 5.85. The van der Waals surface area contributed by atoms with Gasteiger partial charge >= 0.3 is 5.97 Å². The molecule has 0 aliphatic heterocycles. The van der Waals surface area contributed by atoms with E-state index in [4.69, 9.17) is 4.74 Å². The molecule has 1 aromatic rings. The van der Waals surface area contributed by atoms with Crippen LogP contribution in [0.1, 0.15) is 56.0 Å². The van der Waals surface area contributed by atoms with Crippen LogP contribution in [0.2, 0.25) is 0 Å². The van der Waals surface area contributed by atoms with Crippen molar-refractivity contribution < 1.29 is 9.53 Å². The topological polar surface area (TPSA) is 26.3 Å². The third-order valence-electron chi connectivity index (χ3n) is 3.59. The molecule has 2 nitrogen and oxygen atoms in total. The lowest BCUT2D eigenvalue weighted by Gasteiger charge is -2.28. The highest BCUT2D eigenvalue weighted by Gasteiger charge is 2.23. The van der Waals surface area contributed by atoms with Crippen LogP contribution in [0, 0.1) is 0 Å². The van der Waals surface area contributed by atoms with Crippen LogP contribution in [0.3, 0.4) is 0 Å². The van der Waals surface area contributed by atoms with Gasteiger partial charge in [-0.1, -0.05) is 39.3 Å². The summed E-state index contributed by atoms with van der Waals surface area (Å²) in [6.45, 7) is 6.70. The molecular formula is C15H22O2. The van der Waals surface area contributed by atoms with Gasteiger partial charge in [0.2, 0.25) is 0 Å². The monoisotopic (exact) mass is 234 g/mol. The Morgan fingerprint density at radius 1 is 1.24 bits per heavy atom. The van der Waals surface area contributed by atoms with Gasteiger partial charge in [-0.25, -0.2) is 4.79 Å². The summed E-state index contributed by atoms with van der Waals surface area (Å²) in [7, 11) is 1.41. The van der Waals surface area contributed by atoms with Crippen molar-refractivity contribution >= 4 is 5.97 Å². The molecule has 1 atom stereocenters. The first-order valence-electron chi connectivity index (χ1n) is 6.26. The van der Waals surface area contributed by atoms with Crippen molar-refractivity contribution in [2.45, 2.75) is 45.4 Å². The van der Waals surface area contributed by atoms with Crippen molar-refractivity contribution in [1.82, 2.24) is 0 Å². The molecule has 1 unspecified atom stereocenters. The Morgan fingerprint density at radius 2 is 1.82 bits per heavy atom. The van der Waals surface area contributed by atoms with E-state index in [2.05, 4.69) is 20.8 Å². The molecule has 2 heteroatoms. The van der Waals surface area contributed by atoms with Gasteiger partial charge in [0.05, 0.1) is 12.7 Å². The minimum absolute atomic E-state index is 0.212. The molecule has 0 bridgehead atoms. The normalized spacial score (nSPS) is 14.1. The number of benzene rings is 1. The van der Waals surface area contributed by atoms with Gasteiger partial charge in [-0.15, -0.1) is 0 Å². The lowest BCUT2D eigenvalue weighted by atomic mass is 9.76. The summed E-state index contributed by atoms with van der Waals surface area (Å²) < 4.78 is 4.70. The first-order valence-corrected chi connectivity index (χ1v) is 6.26. The number of ether oxygens (including phenoxy) is 1. The Morgan fingerprint density at radius 3 is 2.24 bits per heavy atom. The summed E-state index contributed by atoms with van der Waals surface area (Å²) in [5, 5.41) is 0. The molecule has 94 valence electrons. The molecule has 0 aliphatic rings. The van der Waals surface area contributed by atoms with Gasteiger partial charge in [-0.05, 0) is 36.0 Å². The highest BCUT2D eigenvalue weighted by atomic mass is 16.5. The van der Waals surface area contributed by atoms with Crippen molar-refractivity contribution in [3.05, 3.63) is 35.4 Å². The number of hydrogen-bond donors (Lipinski definition) is 0. The Labute approximate surface area is 104 Å². The highest BCUT2D eigenvalue weighted by molar-refractivity contribution is 5.89. The largest absolute Gasteiger partial charge is 0.465 e. The Balaban J connectivity index is 2.96. The summed E-state index contributed by atoms with van der Waals surface area (Å²) in [5.41, 5.74) is 2.13. The van der Waals surface area contributed by atoms with Crippen molar-refractivity contribution in [3.63, 3.8) is 0 Å². The molecule has 0 amide bonds. The molecule has 0 radical (unpaired) electrons. The van der Waals surface area contributed by atoms with Gasteiger partial charge in [0.1, 0.15) is 0 Å². The first-order chi connectivity index (χ1) is 8.07. The molecule has 0 spiro atoms. The minimum atomic E-state index is -0.273. The lowest BCUT2D eigenvalue weighted by molar-refractivity contribution is 0.0600. The second-order valence-electron chi connectivity index (χ2n) is 4.73. The molecule has 17 heavy (non-hydrogen) atoms. The Hall–Kier alpha value is -1.31. The number of esters is 1. The maximum Gasteiger partial charge on any atom is 0.337 e. The molecular weight excluding hydrogens is 212 g/mol. The molecule has 0 saturated carbocycles. The average molecular weight is 234 g/mol. The Bertz CT molecular complexity index is 367. The summed E-state index contributed by atoms with van der Waals surface area (Å²) in [5.74, 6) is -0.273. The summed E-state index contributed by atoms with van der Waals surface area (Å²) in [6.07, 6.45) is 3.45. The van der Waals surface area contributed by atoms with E-state index in [0.717, 1.165) is 6.42 Å². The number of carbonyl (C=O) groups excluding carboxylic acids is 1. The van der Waals surface area contributed by atoms with Gasteiger partial charge in [-0.3, -0.25) is 0 Å². The molecule has 1 rings (SSSR count). The molecule has 0 aliphatic carbocycles. The maximum absolute atomic E-state index is 11.3. The third-order valence-corrected chi connectivity index (χ3v) is 3.59. The molecule has 0 N–H and O–H groups in total. The van der Waals surface area contributed by atoms with E-state index in [1.807, 2.05) is 24.3 Å². The SMILES string of the molecule is CCCC(C)(CC)c1ccc(C(=O)OC)cc1. The fourth-order valence-electron chi connectivity index (χ4n) is 2.20. The first kappa shape index (κ1) is 13.8. The van der Waals surface area contributed by atoms with Gasteiger partial charge in [0.25, 0.3) is 0 Å². The predicted molar refractivity (Wildman–Crippen MR) is 70.3 cm³/mol. The van der Waals surface area contributed by atoms with E-state index in [-0.39, 0.29) is 11.4 Å². The van der Waals surface area contributed by atoms with Crippen molar-refractivity contribution in [2.24, 2.45) is 0 Å². The fraction of sp³-hybridized carbons (Fsp3) is 0.533. The van der Waals surface area contributed by atoms with Crippen molar-refractivity contribution in [2.75, 3.05) is 7.11 Å². The fourth-order valence-corrected chi connectivity index (χ4v) is 2.20. The third kappa shape index (κ3) is 3.09. The van der Waals surface area contributed by atoms with Crippen LogP contribution in [0.5, 0.6) is 0 Å². The van der Waals surface area contributed by atoms with Gasteiger partial charge in [0, 0.05) is 0 Å². The van der Waals surface area contributed by atoms with E-state index in [9.17, 15) is 4.79 Å². The van der Waals surface area contributed by atoms with Crippen LogP contribution in [-0.2, 0) is 10.2 Å². The number of rotatable bonds is 5. The standard InChI is InChI=1S/C15H22O2/c1-5-11-15(3,6-2)13-9-7-12(8-10-13)14(16)17-4/h7-10H,5-6,11H2,1-4H3. The molecule has 1 aromatic carbocycles. The van der Waals surface area contributed by atoms with Crippen LogP contribution < -0.4 is 0 Å². The van der Waals surface area contributed by atoms with E-state index in [1.165, 1.54) is 25.5 Å². The maximum atomic E-state index is 11.3. The smallest absolute Gasteiger partial charge is 0.337 e. The van der Waals surface area contributed by atoms with E-state index >= 15 is 0 Å². The number of hydrogen-bond acceptors (Lipinski definition) is 2. The zero-order chi connectivity index (χ0) is 12.9. The van der Waals surface area contributed by atoms with Crippen LogP contribution in [0.15, 0.2) is 24.3 Å². The second-order valence-corrected chi connectivity index (χ2v) is 4.73. The van der Waals surface area contributed by atoms with Crippen LogP contribution in [-0.4, -0.2) is 13.1 Å². The van der Waals surface area contributed by atoms with Crippen LogP contribution in [0.25, 0.3) is 0 Å². The minimum Gasteiger partial charge on any atom is -0.465 e. The molecule has 0 fully saturated rings. The summed E-state index contributed by atoms with van der Waals surface area (Å²) >= 11 is 0. The quantitative estimate of drug-likeness (QED) is 0.721. The van der Waals surface area contributed by atoms with E-state index in [1.54, 1.807) is 0 Å². The lowest BCUT2D eigenvalue weighted by Crippen LogP contribution is -2.20. The predicted octanol–water partition coefficient (Wildman–Crippen LogP) is 3.94. The highest BCUT2D eigenvalue weighted by Crippen LogP contribution is 2.32. The zero-order valence-corrected chi connectivity index (χ0v) is 11.2. The van der Waals surface area contributed by atoms with Crippen LogP contribution >= 0.6 is 0 Å². The molecule has 0 heterocycles. The van der Waals surface area contributed by atoms with Crippen molar-refractivity contribution in [3.8, 4) is 0 Å².